The Bertz CT molecular complexity index is 1460. The maximum atomic E-state index is 13.2. The zero-order chi connectivity index (χ0) is 22.2. The standard InChI is InChI=1S/C24H20N4O2S3/c29-23-21-17(10-11-31-21)25-24(28(23)13-15-6-2-1-3-7-15)32-14-20-26-27-22(30-20)19-12-16-8-4-5-9-18(16)33-19/h1-3,6-7,10-12H,4-5,8-9,13-14H2. The Morgan fingerprint density at radius 1 is 1.09 bits per heavy atom. The summed E-state index contributed by atoms with van der Waals surface area (Å²) in [7, 11) is 0. The van der Waals surface area contributed by atoms with Crippen LogP contribution < -0.4 is 5.56 Å². The van der Waals surface area contributed by atoms with E-state index in [4.69, 9.17) is 9.40 Å². The second kappa shape index (κ2) is 8.89. The molecule has 9 heteroatoms. The molecule has 0 saturated heterocycles. The number of aryl methyl sites for hydroxylation is 2. The van der Waals surface area contributed by atoms with Crippen molar-refractivity contribution in [2.75, 3.05) is 0 Å². The molecule has 0 aliphatic heterocycles. The van der Waals surface area contributed by atoms with Crippen LogP contribution in [0.4, 0.5) is 0 Å². The summed E-state index contributed by atoms with van der Waals surface area (Å²) < 4.78 is 8.40. The van der Waals surface area contributed by atoms with Crippen molar-refractivity contribution in [2.45, 2.75) is 43.1 Å². The summed E-state index contributed by atoms with van der Waals surface area (Å²) in [6, 6.07) is 14.1. The number of thiophene rings is 2. The molecule has 0 radical (unpaired) electrons. The van der Waals surface area contributed by atoms with Crippen LogP contribution in [0.25, 0.3) is 21.0 Å². The lowest BCUT2D eigenvalue weighted by molar-refractivity contribution is 0.529. The molecule has 0 unspecified atom stereocenters. The fraction of sp³-hybridized carbons (Fsp3) is 0.250. The number of benzene rings is 1. The Hall–Kier alpha value is -2.75. The Balaban J connectivity index is 1.27. The van der Waals surface area contributed by atoms with Crippen LogP contribution in [0.3, 0.4) is 0 Å². The molecule has 1 aliphatic carbocycles. The van der Waals surface area contributed by atoms with E-state index in [1.807, 2.05) is 41.8 Å². The smallest absolute Gasteiger partial charge is 0.272 e. The van der Waals surface area contributed by atoms with Gasteiger partial charge in [-0.05, 0) is 54.3 Å². The minimum atomic E-state index is -0.0169. The number of hydrogen-bond donors (Lipinski definition) is 0. The summed E-state index contributed by atoms with van der Waals surface area (Å²) in [5.41, 5.74) is 3.19. The van der Waals surface area contributed by atoms with E-state index in [9.17, 15) is 4.79 Å². The molecule has 6 rings (SSSR count). The van der Waals surface area contributed by atoms with E-state index in [-0.39, 0.29) is 5.56 Å². The SMILES string of the molecule is O=c1c2sccc2nc(SCc2nnc(-c3cc4c(s3)CCCC4)o2)n1Cc1ccccc1. The molecule has 4 aromatic heterocycles. The number of hydrogen-bond acceptors (Lipinski definition) is 8. The highest BCUT2D eigenvalue weighted by molar-refractivity contribution is 7.98. The van der Waals surface area contributed by atoms with Crippen LogP contribution in [-0.4, -0.2) is 19.7 Å². The van der Waals surface area contributed by atoms with E-state index >= 15 is 0 Å². The van der Waals surface area contributed by atoms with Crippen molar-refractivity contribution in [3.05, 3.63) is 80.1 Å². The third-order valence-electron chi connectivity index (χ3n) is 5.71. The molecule has 0 fully saturated rings. The van der Waals surface area contributed by atoms with Gasteiger partial charge in [-0.15, -0.1) is 32.9 Å². The zero-order valence-electron chi connectivity index (χ0n) is 17.7. The number of aromatic nitrogens is 4. The molecular formula is C24H20N4O2S3. The largest absolute Gasteiger partial charge is 0.419 e. The van der Waals surface area contributed by atoms with Crippen molar-refractivity contribution < 1.29 is 4.42 Å². The summed E-state index contributed by atoms with van der Waals surface area (Å²) in [4.78, 5) is 20.4. The van der Waals surface area contributed by atoms with E-state index in [2.05, 4.69) is 16.3 Å². The van der Waals surface area contributed by atoms with Crippen molar-refractivity contribution in [1.29, 1.82) is 0 Å². The molecule has 0 N–H and O–H groups in total. The molecule has 0 saturated carbocycles. The molecular weight excluding hydrogens is 472 g/mol. The highest BCUT2D eigenvalue weighted by Crippen LogP contribution is 2.35. The highest BCUT2D eigenvalue weighted by Gasteiger charge is 2.19. The average molecular weight is 493 g/mol. The van der Waals surface area contributed by atoms with Gasteiger partial charge < -0.3 is 4.42 Å². The monoisotopic (exact) mass is 492 g/mol. The number of nitrogens with zero attached hydrogens (tertiary/aromatic N) is 4. The lowest BCUT2D eigenvalue weighted by Gasteiger charge is -2.11. The van der Waals surface area contributed by atoms with E-state index in [0.29, 0.717) is 33.9 Å². The minimum Gasteiger partial charge on any atom is -0.419 e. The number of thioether (sulfide) groups is 1. The molecule has 1 aliphatic rings. The molecule has 1 aromatic carbocycles. The van der Waals surface area contributed by atoms with Crippen LogP contribution in [0.15, 0.2) is 62.2 Å². The van der Waals surface area contributed by atoms with E-state index in [0.717, 1.165) is 28.8 Å². The van der Waals surface area contributed by atoms with Gasteiger partial charge in [0.1, 0.15) is 4.70 Å². The van der Waals surface area contributed by atoms with Gasteiger partial charge in [0.25, 0.3) is 11.4 Å². The Labute approximate surface area is 202 Å². The third-order valence-corrected chi connectivity index (χ3v) is 8.79. The summed E-state index contributed by atoms with van der Waals surface area (Å²) >= 11 is 4.65. The molecule has 166 valence electrons. The Morgan fingerprint density at radius 3 is 2.85 bits per heavy atom. The summed E-state index contributed by atoms with van der Waals surface area (Å²) in [5, 5.41) is 11.1. The lowest BCUT2D eigenvalue weighted by Crippen LogP contribution is -2.23. The van der Waals surface area contributed by atoms with E-state index in [1.54, 1.807) is 15.9 Å². The van der Waals surface area contributed by atoms with Gasteiger partial charge in [-0.3, -0.25) is 9.36 Å². The van der Waals surface area contributed by atoms with Crippen molar-refractivity contribution in [1.82, 2.24) is 19.7 Å². The summed E-state index contributed by atoms with van der Waals surface area (Å²) in [6.45, 7) is 0.471. The van der Waals surface area contributed by atoms with Crippen molar-refractivity contribution >= 4 is 44.7 Å². The van der Waals surface area contributed by atoms with E-state index < -0.39 is 0 Å². The van der Waals surface area contributed by atoms with Crippen molar-refractivity contribution in [2.24, 2.45) is 0 Å². The summed E-state index contributed by atoms with van der Waals surface area (Å²) in [5.74, 6) is 1.56. The fourth-order valence-electron chi connectivity index (χ4n) is 4.07. The maximum Gasteiger partial charge on any atom is 0.272 e. The molecule has 5 aromatic rings. The Morgan fingerprint density at radius 2 is 1.97 bits per heavy atom. The molecule has 33 heavy (non-hydrogen) atoms. The molecule has 6 nitrogen and oxygen atoms in total. The normalized spacial score (nSPS) is 13.5. The van der Waals surface area contributed by atoms with Crippen LogP contribution in [0, 0.1) is 0 Å². The van der Waals surface area contributed by atoms with Gasteiger partial charge in [0.15, 0.2) is 5.16 Å². The average Bonchev–Trinajstić information content (AvgIpc) is 3.59. The van der Waals surface area contributed by atoms with Crippen LogP contribution in [0.5, 0.6) is 0 Å². The Kier molecular flexibility index (Phi) is 5.61. The molecule has 4 heterocycles. The maximum absolute atomic E-state index is 13.2. The van der Waals surface area contributed by atoms with Crippen LogP contribution in [-0.2, 0) is 25.1 Å². The second-order valence-electron chi connectivity index (χ2n) is 7.96. The second-order valence-corrected chi connectivity index (χ2v) is 11.0. The highest BCUT2D eigenvalue weighted by atomic mass is 32.2. The fourth-order valence-corrected chi connectivity index (χ4v) is 6.86. The first kappa shape index (κ1) is 20.8. The zero-order valence-corrected chi connectivity index (χ0v) is 20.1. The van der Waals surface area contributed by atoms with Gasteiger partial charge in [-0.1, -0.05) is 42.1 Å². The number of fused-ring (bicyclic) bond motifs is 2. The van der Waals surface area contributed by atoms with Gasteiger partial charge >= 0.3 is 0 Å². The summed E-state index contributed by atoms with van der Waals surface area (Å²) in [6.07, 6.45) is 4.79. The van der Waals surface area contributed by atoms with Crippen molar-refractivity contribution in [3.63, 3.8) is 0 Å². The lowest BCUT2D eigenvalue weighted by atomic mass is 9.99. The molecule has 0 bridgehead atoms. The van der Waals surface area contributed by atoms with Gasteiger partial charge in [-0.2, -0.15) is 0 Å². The molecule has 0 spiro atoms. The molecule has 0 amide bonds. The first-order valence-corrected chi connectivity index (χ1v) is 13.5. The van der Waals surface area contributed by atoms with Crippen molar-refractivity contribution in [3.8, 4) is 10.8 Å². The predicted octanol–water partition coefficient (Wildman–Crippen LogP) is 5.79. The first-order chi connectivity index (χ1) is 16.2. The quantitative estimate of drug-likeness (QED) is 0.221. The van der Waals surface area contributed by atoms with Crippen LogP contribution >= 0.6 is 34.4 Å². The van der Waals surface area contributed by atoms with Gasteiger partial charge in [0.05, 0.1) is 22.7 Å². The van der Waals surface area contributed by atoms with E-state index in [1.165, 1.54) is 46.4 Å². The van der Waals surface area contributed by atoms with Gasteiger partial charge in [0, 0.05) is 4.88 Å². The van der Waals surface area contributed by atoms with Gasteiger partial charge in [-0.25, -0.2) is 4.98 Å². The molecule has 0 atom stereocenters. The third kappa shape index (κ3) is 4.16. The van der Waals surface area contributed by atoms with Crippen LogP contribution in [0.2, 0.25) is 0 Å². The minimum absolute atomic E-state index is 0.0169. The first-order valence-electron chi connectivity index (χ1n) is 10.8. The number of rotatable bonds is 6. The predicted molar refractivity (Wildman–Crippen MR) is 133 cm³/mol. The topological polar surface area (TPSA) is 73.8 Å². The van der Waals surface area contributed by atoms with Gasteiger partial charge in [0.2, 0.25) is 5.89 Å². The van der Waals surface area contributed by atoms with Crippen LogP contribution in [0.1, 0.15) is 34.7 Å².